The Bertz CT molecular complexity index is 303. The molecule has 18 heavy (non-hydrogen) atoms. The lowest BCUT2D eigenvalue weighted by Gasteiger charge is -2.28. The number of hydrogen-bond donors (Lipinski definition) is 1. The third kappa shape index (κ3) is 5.78. The van der Waals surface area contributed by atoms with Crippen molar-refractivity contribution >= 4 is 23.1 Å². The molecule has 0 saturated heterocycles. The highest BCUT2D eigenvalue weighted by Gasteiger charge is 2.27. The van der Waals surface area contributed by atoms with Crippen molar-refractivity contribution in [3.8, 4) is 0 Å². The van der Waals surface area contributed by atoms with Gasteiger partial charge >= 0.3 is 0 Å². The molecule has 1 saturated carbocycles. The molecule has 1 fully saturated rings. The van der Waals surface area contributed by atoms with Gasteiger partial charge in [0.15, 0.2) is 0 Å². The van der Waals surface area contributed by atoms with Crippen LogP contribution in [-0.4, -0.2) is 53.4 Å². The molecule has 1 aliphatic carbocycles. The van der Waals surface area contributed by atoms with Crippen molar-refractivity contribution in [1.82, 2.24) is 9.80 Å². The zero-order valence-corrected chi connectivity index (χ0v) is 12.5. The van der Waals surface area contributed by atoms with Crippen molar-refractivity contribution in [2.45, 2.75) is 39.2 Å². The first-order valence-corrected chi connectivity index (χ1v) is 7.07. The lowest BCUT2D eigenvalue weighted by atomic mass is 10.2. The third-order valence-corrected chi connectivity index (χ3v) is 3.58. The molecule has 104 valence electrons. The van der Waals surface area contributed by atoms with Gasteiger partial charge in [-0.05, 0) is 32.6 Å². The fraction of sp³-hybridized carbons (Fsp3) is 0.846. The summed E-state index contributed by atoms with van der Waals surface area (Å²) in [5, 5.41) is 0. The Morgan fingerprint density at radius 1 is 1.44 bits per heavy atom. The highest BCUT2D eigenvalue weighted by atomic mass is 32.1. The van der Waals surface area contributed by atoms with Gasteiger partial charge in [0.05, 0.1) is 11.5 Å². The fourth-order valence-electron chi connectivity index (χ4n) is 1.79. The summed E-state index contributed by atoms with van der Waals surface area (Å²) < 4.78 is 0. The molecule has 0 aromatic carbocycles. The second-order valence-electron chi connectivity index (χ2n) is 5.50. The van der Waals surface area contributed by atoms with Crippen LogP contribution in [0.5, 0.6) is 0 Å². The molecule has 4 nitrogen and oxygen atoms in total. The summed E-state index contributed by atoms with van der Waals surface area (Å²) in [7, 11) is 1.82. The highest BCUT2D eigenvalue weighted by Crippen LogP contribution is 2.30. The van der Waals surface area contributed by atoms with Crippen molar-refractivity contribution in [1.29, 1.82) is 0 Å². The monoisotopic (exact) mass is 271 g/mol. The first-order valence-electron chi connectivity index (χ1n) is 6.66. The van der Waals surface area contributed by atoms with Crippen LogP contribution in [0.3, 0.4) is 0 Å². The lowest BCUT2D eigenvalue weighted by Crippen LogP contribution is -2.43. The van der Waals surface area contributed by atoms with Gasteiger partial charge in [-0.3, -0.25) is 9.69 Å². The Morgan fingerprint density at radius 3 is 2.50 bits per heavy atom. The number of carbonyl (C=O) groups is 1. The van der Waals surface area contributed by atoms with E-state index in [2.05, 4.69) is 18.7 Å². The molecule has 2 N–H and O–H groups in total. The normalized spacial score (nSPS) is 15.2. The molecule has 1 aliphatic rings. The second kappa shape index (κ2) is 7.04. The Morgan fingerprint density at radius 2 is 2.06 bits per heavy atom. The quantitative estimate of drug-likeness (QED) is 0.675. The number of nitrogens with two attached hydrogens (primary N) is 1. The van der Waals surface area contributed by atoms with E-state index in [0.29, 0.717) is 30.5 Å². The van der Waals surface area contributed by atoms with Gasteiger partial charge in [0.25, 0.3) is 0 Å². The standard InChI is InChI=1S/C13H25N3OS/c1-10(2)16(8-11-4-5-11)9-13(17)15(3)7-6-12(14)18/h10-11H,4-9H2,1-3H3,(H2,14,18). The zero-order chi connectivity index (χ0) is 13.7. The molecule has 0 aromatic rings. The summed E-state index contributed by atoms with van der Waals surface area (Å²) >= 11 is 4.82. The van der Waals surface area contributed by atoms with E-state index >= 15 is 0 Å². The van der Waals surface area contributed by atoms with Crippen LogP contribution in [-0.2, 0) is 4.79 Å². The van der Waals surface area contributed by atoms with Crippen LogP contribution in [0.2, 0.25) is 0 Å². The molecule has 1 amide bonds. The minimum Gasteiger partial charge on any atom is -0.393 e. The van der Waals surface area contributed by atoms with Crippen LogP contribution in [0, 0.1) is 5.92 Å². The van der Waals surface area contributed by atoms with Crippen molar-refractivity contribution in [3.05, 3.63) is 0 Å². The molecule has 0 heterocycles. The molecule has 0 spiro atoms. The number of thiocarbonyl (C=S) groups is 1. The topological polar surface area (TPSA) is 49.6 Å². The van der Waals surface area contributed by atoms with Crippen molar-refractivity contribution in [2.75, 3.05) is 26.7 Å². The minimum absolute atomic E-state index is 0.153. The predicted octanol–water partition coefficient (Wildman–Crippen LogP) is 1.24. The molecular weight excluding hydrogens is 246 g/mol. The molecule has 0 radical (unpaired) electrons. The van der Waals surface area contributed by atoms with Gasteiger partial charge in [-0.25, -0.2) is 0 Å². The van der Waals surface area contributed by atoms with Crippen LogP contribution in [0.15, 0.2) is 0 Å². The SMILES string of the molecule is CC(C)N(CC(=O)N(C)CCC(N)=S)CC1CC1. The lowest BCUT2D eigenvalue weighted by molar-refractivity contribution is -0.131. The summed E-state index contributed by atoms with van der Waals surface area (Å²) in [4.78, 5) is 16.5. The average molecular weight is 271 g/mol. The maximum Gasteiger partial charge on any atom is 0.236 e. The summed E-state index contributed by atoms with van der Waals surface area (Å²) in [6.45, 7) is 6.45. The number of nitrogens with zero attached hydrogens (tertiary/aromatic N) is 2. The minimum atomic E-state index is 0.153. The summed E-state index contributed by atoms with van der Waals surface area (Å²) in [5.74, 6) is 0.961. The van der Waals surface area contributed by atoms with Crippen molar-refractivity contribution < 1.29 is 4.79 Å². The molecule has 0 unspecified atom stereocenters. The Kier molecular flexibility index (Phi) is 6.02. The van der Waals surface area contributed by atoms with Gasteiger partial charge < -0.3 is 10.6 Å². The van der Waals surface area contributed by atoms with Crippen LogP contribution in [0.1, 0.15) is 33.1 Å². The maximum absolute atomic E-state index is 12.1. The van der Waals surface area contributed by atoms with Crippen molar-refractivity contribution in [3.63, 3.8) is 0 Å². The number of amides is 1. The molecule has 0 atom stereocenters. The summed E-state index contributed by atoms with van der Waals surface area (Å²) in [6.07, 6.45) is 3.23. The van der Waals surface area contributed by atoms with E-state index in [0.717, 1.165) is 12.5 Å². The Balaban J connectivity index is 2.36. The number of likely N-dealkylation sites (N-methyl/N-ethyl adjacent to an activating group) is 1. The average Bonchev–Trinajstić information content (AvgIpc) is 3.08. The number of rotatable bonds is 8. The smallest absolute Gasteiger partial charge is 0.236 e. The fourth-order valence-corrected chi connectivity index (χ4v) is 1.88. The van der Waals surface area contributed by atoms with E-state index in [-0.39, 0.29) is 5.91 Å². The molecule has 1 rings (SSSR count). The molecular formula is C13H25N3OS. The van der Waals surface area contributed by atoms with Gasteiger partial charge in [-0.1, -0.05) is 12.2 Å². The van der Waals surface area contributed by atoms with E-state index in [1.807, 2.05) is 7.05 Å². The van der Waals surface area contributed by atoms with Crippen molar-refractivity contribution in [2.24, 2.45) is 11.7 Å². The van der Waals surface area contributed by atoms with Crippen LogP contribution >= 0.6 is 12.2 Å². The van der Waals surface area contributed by atoms with E-state index < -0.39 is 0 Å². The molecule has 0 aromatic heterocycles. The Labute approximate surface area is 115 Å². The first-order chi connectivity index (χ1) is 8.40. The largest absolute Gasteiger partial charge is 0.393 e. The van der Waals surface area contributed by atoms with Crippen LogP contribution < -0.4 is 5.73 Å². The van der Waals surface area contributed by atoms with Gasteiger partial charge in [0, 0.05) is 32.6 Å². The van der Waals surface area contributed by atoms with E-state index in [9.17, 15) is 4.79 Å². The Hall–Kier alpha value is -0.680. The van der Waals surface area contributed by atoms with Gasteiger partial charge in [0.2, 0.25) is 5.91 Å². The van der Waals surface area contributed by atoms with Gasteiger partial charge in [-0.2, -0.15) is 0 Å². The van der Waals surface area contributed by atoms with E-state index in [1.165, 1.54) is 12.8 Å². The summed E-state index contributed by atoms with van der Waals surface area (Å²) in [5.41, 5.74) is 5.45. The van der Waals surface area contributed by atoms with Gasteiger partial charge in [-0.15, -0.1) is 0 Å². The maximum atomic E-state index is 12.1. The first kappa shape index (κ1) is 15.4. The number of carbonyl (C=O) groups excluding carboxylic acids is 1. The van der Waals surface area contributed by atoms with Crippen LogP contribution in [0.4, 0.5) is 0 Å². The molecule has 5 heteroatoms. The van der Waals surface area contributed by atoms with Gasteiger partial charge in [0.1, 0.15) is 0 Å². The highest BCUT2D eigenvalue weighted by molar-refractivity contribution is 7.80. The van der Waals surface area contributed by atoms with E-state index in [1.54, 1.807) is 4.90 Å². The van der Waals surface area contributed by atoms with Crippen LogP contribution in [0.25, 0.3) is 0 Å². The number of hydrogen-bond acceptors (Lipinski definition) is 3. The third-order valence-electron chi connectivity index (χ3n) is 3.38. The second-order valence-corrected chi connectivity index (χ2v) is 6.02. The molecule has 0 bridgehead atoms. The molecule has 0 aliphatic heterocycles. The zero-order valence-electron chi connectivity index (χ0n) is 11.7. The predicted molar refractivity (Wildman–Crippen MR) is 78.5 cm³/mol. The summed E-state index contributed by atoms with van der Waals surface area (Å²) in [6, 6.07) is 0.415. The van der Waals surface area contributed by atoms with E-state index in [4.69, 9.17) is 18.0 Å².